The summed E-state index contributed by atoms with van der Waals surface area (Å²) >= 11 is 6.18. The fourth-order valence-electron chi connectivity index (χ4n) is 1.68. The molecule has 0 fully saturated rings. The summed E-state index contributed by atoms with van der Waals surface area (Å²) in [5, 5.41) is 6.43. The largest absolute Gasteiger partial charge is 0.495 e. The fraction of sp³-hybridized carbons (Fsp3) is 0.462. The van der Waals surface area contributed by atoms with Gasteiger partial charge >= 0.3 is 0 Å². The standard InChI is InChI=1S/C13H19ClN2O2/c1-8-7-10(18-4)13(9(2)12(8)14)16-11(17)5-6-15-3/h7,15H,5-6H2,1-4H3,(H,16,17). The number of ether oxygens (including phenoxy) is 1. The van der Waals surface area contributed by atoms with Gasteiger partial charge in [-0.25, -0.2) is 0 Å². The Kier molecular flexibility index (Phi) is 5.44. The van der Waals surface area contributed by atoms with Crippen molar-refractivity contribution in [2.75, 3.05) is 26.0 Å². The van der Waals surface area contributed by atoms with Crippen LogP contribution in [0.2, 0.25) is 5.02 Å². The summed E-state index contributed by atoms with van der Waals surface area (Å²) < 4.78 is 5.28. The summed E-state index contributed by atoms with van der Waals surface area (Å²) in [7, 11) is 3.38. The van der Waals surface area contributed by atoms with Crippen LogP contribution in [0.4, 0.5) is 5.69 Å². The van der Waals surface area contributed by atoms with Crippen molar-refractivity contribution in [2.24, 2.45) is 0 Å². The molecule has 0 unspecified atom stereocenters. The summed E-state index contributed by atoms with van der Waals surface area (Å²) in [6, 6.07) is 1.82. The fourth-order valence-corrected chi connectivity index (χ4v) is 1.83. The molecule has 0 aromatic heterocycles. The molecular formula is C13H19ClN2O2. The normalized spacial score (nSPS) is 10.3. The van der Waals surface area contributed by atoms with Crippen LogP contribution in [0.3, 0.4) is 0 Å². The van der Waals surface area contributed by atoms with Crippen LogP contribution in [0.25, 0.3) is 0 Å². The number of carbonyl (C=O) groups excluding carboxylic acids is 1. The molecule has 0 radical (unpaired) electrons. The average Bonchev–Trinajstić information content (AvgIpc) is 2.36. The van der Waals surface area contributed by atoms with E-state index in [1.165, 1.54) is 0 Å². The lowest BCUT2D eigenvalue weighted by Crippen LogP contribution is -2.19. The first kappa shape index (κ1) is 14.8. The van der Waals surface area contributed by atoms with E-state index in [-0.39, 0.29) is 5.91 Å². The summed E-state index contributed by atoms with van der Waals surface area (Å²) in [6.07, 6.45) is 0.407. The van der Waals surface area contributed by atoms with Crippen LogP contribution in [-0.2, 0) is 4.79 Å². The zero-order chi connectivity index (χ0) is 13.7. The molecule has 1 aromatic rings. The molecule has 0 aliphatic rings. The van der Waals surface area contributed by atoms with Gasteiger partial charge < -0.3 is 15.4 Å². The maximum Gasteiger partial charge on any atom is 0.225 e. The number of methoxy groups -OCH3 is 1. The molecule has 0 heterocycles. The number of anilines is 1. The minimum atomic E-state index is -0.0642. The number of halogens is 1. The minimum Gasteiger partial charge on any atom is -0.495 e. The van der Waals surface area contributed by atoms with E-state index in [0.29, 0.717) is 29.4 Å². The maximum absolute atomic E-state index is 11.7. The molecule has 0 saturated heterocycles. The molecule has 1 aromatic carbocycles. The van der Waals surface area contributed by atoms with E-state index >= 15 is 0 Å². The van der Waals surface area contributed by atoms with Crippen molar-refractivity contribution >= 4 is 23.2 Å². The molecule has 0 spiro atoms. The van der Waals surface area contributed by atoms with Crippen LogP contribution in [0.15, 0.2) is 6.07 Å². The summed E-state index contributed by atoms with van der Waals surface area (Å²) in [5.41, 5.74) is 2.40. The molecule has 4 nitrogen and oxygen atoms in total. The molecule has 0 aliphatic heterocycles. The van der Waals surface area contributed by atoms with Crippen molar-refractivity contribution in [3.05, 3.63) is 22.2 Å². The molecule has 1 rings (SSSR count). The Morgan fingerprint density at radius 3 is 2.67 bits per heavy atom. The van der Waals surface area contributed by atoms with Crippen molar-refractivity contribution in [1.82, 2.24) is 5.32 Å². The topological polar surface area (TPSA) is 50.4 Å². The van der Waals surface area contributed by atoms with E-state index in [1.807, 2.05) is 27.0 Å². The molecule has 5 heteroatoms. The van der Waals surface area contributed by atoms with E-state index in [4.69, 9.17) is 16.3 Å². The van der Waals surface area contributed by atoms with Crippen molar-refractivity contribution in [3.8, 4) is 5.75 Å². The van der Waals surface area contributed by atoms with E-state index in [9.17, 15) is 4.79 Å². The van der Waals surface area contributed by atoms with E-state index in [1.54, 1.807) is 7.11 Å². The van der Waals surface area contributed by atoms with Crippen molar-refractivity contribution in [1.29, 1.82) is 0 Å². The molecule has 0 bridgehead atoms. The van der Waals surface area contributed by atoms with Gasteiger partial charge in [-0.2, -0.15) is 0 Å². The van der Waals surface area contributed by atoms with Gasteiger partial charge in [0, 0.05) is 18.0 Å². The first-order valence-electron chi connectivity index (χ1n) is 5.79. The number of benzene rings is 1. The number of amides is 1. The maximum atomic E-state index is 11.7. The first-order valence-corrected chi connectivity index (χ1v) is 6.17. The lowest BCUT2D eigenvalue weighted by Gasteiger charge is -2.16. The Hall–Kier alpha value is -1.26. The molecule has 2 N–H and O–H groups in total. The monoisotopic (exact) mass is 270 g/mol. The van der Waals surface area contributed by atoms with Crippen LogP contribution in [0.1, 0.15) is 17.5 Å². The van der Waals surface area contributed by atoms with Gasteiger partial charge in [0.05, 0.1) is 12.8 Å². The van der Waals surface area contributed by atoms with E-state index in [0.717, 1.165) is 11.1 Å². The van der Waals surface area contributed by atoms with Crippen LogP contribution >= 0.6 is 11.6 Å². The highest BCUT2D eigenvalue weighted by atomic mass is 35.5. The van der Waals surface area contributed by atoms with Gasteiger partial charge in [-0.1, -0.05) is 11.6 Å². The molecular weight excluding hydrogens is 252 g/mol. The molecule has 18 heavy (non-hydrogen) atoms. The van der Waals surface area contributed by atoms with Gasteiger partial charge in [0.2, 0.25) is 5.91 Å². The first-order chi connectivity index (χ1) is 8.51. The van der Waals surface area contributed by atoms with Gasteiger partial charge in [0.25, 0.3) is 0 Å². The van der Waals surface area contributed by atoms with Crippen LogP contribution < -0.4 is 15.4 Å². The summed E-state index contributed by atoms with van der Waals surface area (Å²) in [4.78, 5) is 11.7. The third kappa shape index (κ3) is 3.37. The van der Waals surface area contributed by atoms with Gasteiger partial charge in [-0.05, 0) is 38.1 Å². The highest BCUT2D eigenvalue weighted by Gasteiger charge is 2.14. The Bertz CT molecular complexity index is 447. The predicted octanol–water partition coefficient (Wildman–Crippen LogP) is 2.51. The molecule has 1 amide bonds. The van der Waals surface area contributed by atoms with E-state index in [2.05, 4.69) is 10.6 Å². The second-order valence-electron chi connectivity index (χ2n) is 4.11. The zero-order valence-corrected chi connectivity index (χ0v) is 11.9. The molecule has 0 saturated carbocycles. The minimum absolute atomic E-state index is 0.0642. The molecule has 0 aliphatic carbocycles. The highest BCUT2D eigenvalue weighted by Crippen LogP contribution is 2.35. The molecule has 0 atom stereocenters. The smallest absolute Gasteiger partial charge is 0.225 e. The number of hydrogen-bond acceptors (Lipinski definition) is 3. The second-order valence-corrected chi connectivity index (χ2v) is 4.49. The SMILES string of the molecule is CNCCC(=O)Nc1c(OC)cc(C)c(Cl)c1C. The Morgan fingerprint density at radius 2 is 2.11 bits per heavy atom. The van der Waals surface area contributed by atoms with E-state index < -0.39 is 0 Å². The summed E-state index contributed by atoms with van der Waals surface area (Å²) in [6.45, 7) is 4.41. The van der Waals surface area contributed by atoms with Gasteiger partial charge in [-0.3, -0.25) is 4.79 Å². The van der Waals surface area contributed by atoms with Crippen LogP contribution in [-0.4, -0.2) is 26.6 Å². The van der Waals surface area contributed by atoms with Crippen LogP contribution in [0, 0.1) is 13.8 Å². The summed E-state index contributed by atoms with van der Waals surface area (Å²) in [5.74, 6) is 0.567. The third-order valence-electron chi connectivity index (χ3n) is 2.73. The third-order valence-corrected chi connectivity index (χ3v) is 3.31. The number of rotatable bonds is 5. The van der Waals surface area contributed by atoms with Gasteiger partial charge in [0.15, 0.2) is 0 Å². The lowest BCUT2D eigenvalue weighted by molar-refractivity contribution is -0.116. The Balaban J connectivity index is 3.00. The van der Waals surface area contributed by atoms with Crippen molar-refractivity contribution in [3.63, 3.8) is 0 Å². The number of carbonyl (C=O) groups is 1. The number of hydrogen-bond donors (Lipinski definition) is 2. The lowest BCUT2D eigenvalue weighted by atomic mass is 10.1. The quantitative estimate of drug-likeness (QED) is 0.864. The number of nitrogens with one attached hydrogen (secondary N) is 2. The second kappa shape index (κ2) is 6.61. The zero-order valence-electron chi connectivity index (χ0n) is 11.2. The van der Waals surface area contributed by atoms with Gasteiger partial charge in [0.1, 0.15) is 5.75 Å². The van der Waals surface area contributed by atoms with Crippen molar-refractivity contribution < 1.29 is 9.53 Å². The highest BCUT2D eigenvalue weighted by molar-refractivity contribution is 6.32. The van der Waals surface area contributed by atoms with Gasteiger partial charge in [-0.15, -0.1) is 0 Å². The number of aryl methyl sites for hydroxylation is 1. The molecule has 100 valence electrons. The Labute approximate surface area is 113 Å². The Morgan fingerprint density at radius 1 is 1.44 bits per heavy atom. The van der Waals surface area contributed by atoms with Crippen LogP contribution in [0.5, 0.6) is 5.75 Å². The average molecular weight is 271 g/mol. The van der Waals surface area contributed by atoms with Crippen molar-refractivity contribution in [2.45, 2.75) is 20.3 Å². The predicted molar refractivity (Wildman–Crippen MR) is 74.7 cm³/mol.